The average Bonchev–Trinajstić information content (AvgIpc) is 2.40. The molecule has 2 heterocycles. The van der Waals surface area contributed by atoms with E-state index in [4.69, 9.17) is 4.74 Å². The summed E-state index contributed by atoms with van der Waals surface area (Å²) >= 11 is 0. The number of nitrogens with zero attached hydrogens (tertiary/aromatic N) is 1. The standard InChI is InChI=1S/C18H30N2O2/c1-18(2,3)22-17(21)20-12-8-9-15(14-20)13-16-10-6-4-5-7-11-19-16/h6,9-10,16,19H,4-5,7-8,11-14H2,1-3H3/b10-6-/t16-/m0/s1. The van der Waals surface area contributed by atoms with Crippen LogP contribution in [0.5, 0.6) is 0 Å². The molecule has 4 nitrogen and oxygen atoms in total. The largest absolute Gasteiger partial charge is 0.444 e. The number of hydrogen-bond acceptors (Lipinski definition) is 3. The van der Waals surface area contributed by atoms with Gasteiger partial charge in [0, 0.05) is 19.1 Å². The van der Waals surface area contributed by atoms with E-state index in [-0.39, 0.29) is 6.09 Å². The molecule has 0 aromatic heterocycles. The maximum atomic E-state index is 12.2. The second kappa shape index (κ2) is 7.82. The molecule has 2 rings (SSSR count). The van der Waals surface area contributed by atoms with Crippen LogP contribution < -0.4 is 5.32 Å². The van der Waals surface area contributed by atoms with Crippen molar-refractivity contribution in [3.8, 4) is 0 Å². The van der Waals surface area contributed by atoms with E-state index in [0.717, 1.165) is 25.9 Å². The number of carbonyl (C=O) groups is 1. The molecular weight excluding hydrogens is 276 g/mol. The zero-order valence-corrected chi connectivity index (χ0v) is 14.2. The van der Waals surface area contributed by atoms with Crippen molar-refractivity contribution in [2.45, 2.75) is 64.5 Å². The van der Waals surface area contributed by atoms with Gasteiger partial charge in [-0.3, -0.25) is 0 Å². The van der Waals surface area contributed by atoms with E-state index < -0.39 is 5.60 Å². The Balaban J connectivity index is 1.88. The van der Waals surface area contributed by atoms with Gasteiger partial charge in [-0.25, -0.2) is 4.79 Å². The number of allylic oxidation sites excluding steroid dienone is 1. The normalized spacial score (nSPS) is 25.0. The number of ether oxygens (including phenoxy) is 1. The smallest absolute Gasteiger partial charge is 0.410 e. The number of rotatable bonds is 2. The Labute approximate surface area is 134 Å². The van der Waals surface area contributed by atoms with Crippen LogP contribution in [0.1, 0.15) is 52.9 Å². The summed E-state index contributed by atoms with van der Waals surface area (Å²) < 4.78 is 5.48. The van der Waals surface area contributed by atoms with Crippen LogP contribution in [0, 0.1) is 0 Å². The third-order valence-electron chi connectivity index (χ3n) is 3.93. The SMILES string of the molecule is CC(C)(C)OC(=O)N1CCC=C(C[C@@H]2/C=C\CCCCN2)C1. The summed E-state index contributed by atoms with van der Waals surface area (Å²) in [6.45, 7) is 8.27. The highest BCUT2D eigenvalue weighted by Crippen LogP contribution is 2.19. The van der Waals surface area contributed by atoms with E-state index in [1.54, 1.807) is 0 Å². The molecule has 22 heavy (non-hydrogen) atoms. The summed E-state index contributed by atoms with van der Waals surface area (Å²) in [5, 5.41) is 3.59. The second-order valence-corrected chi connectivity index (χ2v) is 7.24. The maximum absolute atomic E-state index is 12.2. The molecule has 1 N–H and O–H groups in total. The minimum atomic E-state index is -0.428. The van der Waals surface area contributed by atoms with E-state index in [9.17, 15) is 4.79 Å². The average molecular weight is 306 g/mol. The van der Waals surface area contributed by atoms with E-state index >= 15 is 0 Å². The van der Waals surface area contributed by atoms with Crippen molar-refractivity contribution in [2.75, 3.05) is 19.6 Å². The highest BCUT2D eigenvalue weighted by atomic mass is 16.6. The van der Waals surface area contributed by atoms with Crippen molar-refractivity contribution in [1.29, 1.82) is 0 Å². The molecule has 0 saturated carbocycles. The van der Waals surface area contributed by atoms with E-state index in [2.05, 4.69) is 23.5 Å². The van der Waals surface area contributed by atoms with Crippen molar-refractivity contribution < 1.29 is 9.53 Å². The van der Waals surface area contributed by atoms with Gasteiger partial charge in [0.25, 0.3) is 0 Å². The van der Waals surface area contributed by atoms with Crippen LogP contribution in [-0.4, -0.2) is 42.3 Å². The molecule has 2 aliphatic rings. The first kappa shape index (κ1) is 17.1. The molecule has 124 valence electrons. The first-order valence-corrected chi connectivity index (χ1v) is 8.50. The molecule has 2 aliphatic heterocycles. The van der Waals surface area contributed by atoms with E-state index in [1.165, 1.54) is 24.8 Å². The molecule has 1 amide bonds. The van der Waals surface area contributed by atoms with Crippen LogP contribution in [0.3, 0.4) is 0 Å². The van der Waals surface area contributed by atoms with Crippen LogP contribution in [0.4, 0.5) is 4.79 Å². The molecule has 0 saturated heterocycles. The quantitative estimate of drug-likeness (QED) is 0.792. The van der Waals surface area contributed by atoms with Crippen LogP contribution >= 0.6 is 0 Å². The van der Waals surface area contributed by atoms with E-state index in [1.807, 2.05) is 25.7 Å². The molecule has 0 aromatic rings. The van der Waals surface area contributed by atoms with Crippen molar-refractivity contribution in [2.24, 2.45) is 0 Å². The van der Waals surface area contributed by atoms with Gasteiger partial charge < -0.3 is 15.0 Å². The van der Waals surface area contributed by atoms with Gasteiger partial charge in [0.1, 0.15) is 5.60 Å². The number of nitrogens with one attached hydrogen (secondary N) is 1. The van der Waals surface area contributed by atoms with Crippen molar-refractivity contribution in [1.82, 2.24) is 10.2 Å². The topological polar surface area (TPSA) is 41.6 Å². The predicted octanol–water partition coefficient (Wildman–Crippen LogP) is 3.64. The number of carbonyl (C=O) groups excluding carboxylic acids is 1. The third kappa shape index (κ3) is 5.84. The van der Waals surface area contributed by atoms with Gasteiger partial charge in [0.2, 0.25) is 0 Å². The summed E-state index contributed by atoms with van der Waals surface area (Å²) in [5.74, 6) is 0. The Morgan fingerprint density at radius 2 is 2.18 bits per heavy atom. The first-order valence-electron chi connectivity index (χ1n) is 8.50. The Kier molecular flexibility index (Phi) is 6.07. The Hall–Kier alpha value is -1.29. The fourth-order valence-corrected chi connectivity index (χ4v) is 2.87. The van der Waals surface area contributed by atoms with Crippen molar-refractivity contribution in [3.63, 3.8) is 0 Å². The first-order chi connectivity index (χ1) is 10.4. The monoisotopic (exact) mass is 306 g/mol. The lowest BCUT2D eigenvalue weighted by Gasteiger charge is -2.31. The van der Waals surface area contributed by atoms with E-state index in [0.29, 0.717) is 12.6 Å². The number of hydrogen-bond donors (Lipinski definition) is 1. The zero-order valence-electron chi connectivity index (χ0n) is 14.2. The van der Waals surface area contributed by atoms with Gasteiger partial charge in [0.15, 0.2) is 0 Å². The molecule has 4 heteroatoms. The maximum Gasteiger partial charge on any atom is 0.410 e. The van der Waals surface area contributed by atoms with Crippen LogP contribution in [0.2, 0.25) is 0 Å². The molecule has 0 aliphatic carbocycles. The van der Waals surface area contributed by atoms with Crippen LogP contribution in [-0.2, 0) is 4.74 Å². The summed E-state index contributed by atoms with van der Waals surface area (Å²) in [5.41, 5.74) is 0.905. The molecule has 0 aromatic carbocycles. The second-order valence-electron chi connectivity index (χ2n) is 7.24. The lowest BCUT2D eigenvalue weighted by atomic mass is 10.00. The summed E-state index contributed by atoms with van der Waals surface area (Å²) in [6.07, 6.45) is 12.3. The summed E-state index contributed by atoms with van der Waals surface area (Å²) in [6, 6.07) is 0.394. The fourth-order valence-electron chi connectivity index (χ4n) is 2.87. The van der Waals surface area contributed by atoms with Gasteiger partial charge in [-0.1, -0.05) is 23.8 Å². The van der Waals surface area contributed by atoms with Crippen molar-refractivity contribution >= 4 is 6.09 Å². The summed E-state index contributed by atoms with van der Waals surface area (Å²) in [4.78, 5) is 14.0. The number of amides is 1. The van der Waals surface area contributed by atoms with Gasteiger partial charge >= 0.3 is 6.09 Å². The molecule has 0 fully saturated rings. The van der Waals surface area contributed by atoms with Gasteiger partial charge in [0.05, 0.1) is 0 Å². The lowest BCUT2D eigenvalue weighted by Crippen LogP contribution is -2.41. The molecular formula is C18H30N2O2. The Morgan fingerprint density at radius 3 is 2.95 bits per heavy atom. The predicted molar refractivity (Wildman–Crippen MR) is 89.9 cm³/mol. The molecule has 0 bridgehead atoms. The molecule has 0 spiro atoms. The summed E-state index contributed by atoms with van der Waals surface area (Å²) in [7, 11) is 0. The Bertz CT molecular complexity index is 435. The highest BCUT2D eigenvalue weighted by molar-refractivity contribution is 5.68. The zero-order chi connectivity index (χ0) is 16.0. The molecule has 1 atom stereocenters. The van der Waals surface area contributed by atoms with Gasteiger partial charge in [-0.05, 0) is 59.4 Å². The van der Waals surface area contributed by atoms with Crippen molar-refractivity contribution in [3.05, 3.63) is 23.8 Å². The van der Waals surface area contributed by atoms with Gasteiger partial charge in [-0.2, -0.15) is 0 Å². The van der Waals surface area contributed by atoms with Crippen LogP contribution in [0.25, 0.3) is 0 Å². The molecule has 0 unspecified atom stereocenters. The third-order valence-corrected chi connectivity index (χ3v) is 3.93. The molecule has 0 radical (unpaired) electrons. The Morgan fingerprint density at radius 1 is 1.36 bits per heavy atom. The fraction of sp³-hybridized carbons (Fsp3) is 0.722. The van der Waals surface area contributed by atoms with Gasteiger partial charge in [-0.15, -0.1) is 0 Å². The van der Waals surface area contributed by atoms with Crippen LogP contribution in [0.15, 0.2) is 23.8 Å². The lowest BCUT2D eigenvalue weighted by molar-refractivity contribution is 0.0260. The highest BCUT2D eigenvalue weighted by Gasteiger charge is 2.24. The minimum Gasteiger partial charge on any atom is -0.444 e. The minimum absolute atomic E-state index is 0.195.